The van der Waals surface area contributed by atoms with Gasteiger partial charge in [0.2, 0.25) is 0 Å². The van der Waals surface area contributed by atoms with Crippen molar-refractivity contribution in [1.29, 1.82) is 0 Å². The molecular formula is C15H28O3. The van der Waals surface area contributed by atoms with Crippen molar-refractivity contribution in [3.8, 4) is 0 Å². The third-order valence-corrected chi connectivity index (χ3v) is 2.69. The maximum Gasteiger partial charge on any atom is 0.140 e. The van der Waals surface area contributed by atoms with Gasteiger partial charge in [-0.05, 0) is 12.3 Å². The van der Waals surface area contributed by atoms with Crippen molar-refractivity contribution in [2.45, 2.75) is 60.3 Å². The van der Waals surface area contributed by atoms with Gasteiger partial charge < -0.3 is 4.74 Å². The van der Waals surface area contributed by atoms with Crippen LogP contribution in [0.25, 0.3) is 0 Å². The first kappa shape index (κ1) is 17.3. The molecule has 0 rings (SSSR count). The lowest BCUT2D eigenvalue weighted by atomic mass is 9.89. The van der Waals surface area contributed by atoms with Gasteiger partial charge in [0.15, 0.2) is 0 Å². The summed E-state index contributed by atoms with van der Waals surface area (Å²) in [7, 11) is 0. The standard InChI is InChI=1S/C15H28O3/c1-12(2)11-13(16)7-6-9-18-10-8-14(17)15(3,4)5/h12H,6-11H2,1-5H3. The number of ether oxygens (including phenoxy) is 1. The zero-order valence-corrected chi connectivity index (χ0v) is 12.5. The Hall–Kier alpha value is -0.700. The molecule has 0 aliphatic carbocycles. The molecule has 0 unspecified atom stereocenters. The third kappa shape index (κ3) is 9.34. The zero-order chi connectivity index (χ0) is 14.2. The number of carbonyl (C=O) groups is 2. The molecule has 0 fully saturated rings. The minimum atomic E-state index is -0.281. The molecule has 0 aromatic carbocycles. The molecule has 3 nitrogen and oxygen atoms in total. The van der Waals surface area contributed by atoms with Crippen molar-refractivity contribution in [2.75, 3.05) is 13.2 Å². The molecule has 0 bridgehead atoms. The zero-order valence-electron chi connectivity index (χ0n) is 12.5. The van der Waals surface area contributed by atoms with E-state index in [0.29, 0.717) is 44.2 Å². The van der Waals surface area contributed by atoms with E-state index in [4.69, 9.17) is 4.74 Å². The third-order valence-electron chi connectivity index (χ3n) is 2.69. The Morgan fingerprint density at radius 3 is 2.17 bits per heavy atom. The van der Waals surface area contributed by atoms with E-state index in [-0.39, 0.29) is 11.2 Å². The number of Topliss-reactive ketones (excluding diaryl/α,β-unsaturated/α-hetero) is 2. The van der Waals surface area contributed by atoms with Gasteiger partial charge in [-0.25, -0.2) is 0 Å². The highest BCUT2D eigenvalue weighted by Crippen LogP contribution is 2.16. The molecule has 0 atom stereocenters. The van der Waals surface area contributed by atoms with Gasteiger partial charge in [-0.2, -0.15) is 0 Å². The average Bonchev–Trinajstić information content (AvgIpc) is 2.20. The molecule has 0 N–H and O–H groups in total. The lowest BCUT2D eigenvalue weighted by molar-refractivity contribution is -0.127. The molecule has 0 amide bonds. The van der Waals surface area contributed by atoms with E-state index in [1.807, 2.05) is 34.6 Å². The maximum absolute atomic E-state index is 11.6. The van der Waals surface area contributed by atoms with E-state index in [1.165, 1.54) is 0 Å². The molecule has 0 aliphatic heterocycles. The van der Waals surface area contributed by atoms with Crippen molar-refractivity contribution in [3.05, 3.63) is 0 Å². The number of hydrogen-bond acceptors (Lipinski definition) is 3. The van der Waals surface area contributed by atoms with Crippen LogP contribution in [-0.2, 0) is 14.3 Å². The summed E-state index contributed by atoms with van der Waals surface area (Å²) < 4.78 is 5.38. The number of hydrogen-bond donors (Lipinski definition) is 0. The van der Waals surface area contributed by atoms with Gasteiger partial charge in [0.25, 0.3) is 0 Å². The van der Waals surface area contributed by atoms with E-state index >= 15 is 0 Å². The van der Waals surface area contributed by atoms with Gasteiger partial charge in [0.05, 0.1) is 6.61 Å². The predicted octanol–water partition coefficient (Wildman–Crippen LogP) is 3.40. The van der Waals surface area contributed by atoms with Crippen LogP contribution in [0.5, 0.6) is 0 Å². The van der Waals surface area contributed by atoms with Crippen molar-refractivity contribution in [2.24, 2.45) is 11.3 Å². The lowest BCUT2D eigenvalue weighted by Crippen LogP contribution is -2.21. The van der Waals surface area contributed by atoms with Gasteiger partial charge in [0.1, 0.15) is 11.6 Å². The van der Waals surface area contributed by atoms with E-state index < -0.39 is 0 Å². The highest BCUT2D eigenvalue weighted by molar-refractivity contribution is 5.83. The van der Waals surface area contributed by atoms with Crippen molar-refractivity contribution in [1.82, 2.24) is 0 Å². The summed E-state index contributed by atoms with van der Waals surface area (Å²) in [6.07, 6.45) is 2.46. The predicted molar refractivity (Wildman–Crippen MR) is 73.6 cm³/mol. The van der Waals surface area contributed by atoms with E-state index in [1.54, 1.807) is 0 Å². The van der Waals surface area contributed by atoms with Crippen molar-refractivity contribution < 1.29 is 14.3 Å². The first-order valence-electron chi connectivity index (χ1n) is 6.86. The van der Waals surface area contributed by atoms with Crippen LogP contribution < -0.4 is 0 Å². The summed E-state index contributed by atoms with van der Waals surface area (Å²) in [6.45, 7) is 10.9. The Kier molecular flexibility index (Phi) is 8.08. The Bertz CT molecular complexity index is 261. The Balaban J connectivity index is 3.47. The smallest absolute Gasteiger partial charge is 0.140 e. The molecule has 0 saturated heterocycles. The fourth-order valence-electron chi connectivity index (χ4n) is 1.57. The molecule has 0 aromatic heterocycles. The largest absolute Gasteiger partial charge is 0.381 e. The van der Waals surface area contributed by atoms with Crippen molar-refractivity contribution >= 4 is 11.6 Å². The van der Waals surface area contributed by atoms with E-state index in [9.17, 15) is 9.59 Å². The fraction of sp³-hybridized carbons (Fsp3) is 0.867. The molecule has 106 valence electrons. The van der Waals surface area contributed by atoms with Gasteiger partial charge in [-0.1, -0.05) is 34.6 Å². The van der Waals surface area contributed by atoms with Crippen LogP contribution in [0.3, 0.4) is 0 Å². The monoisotopic (exact) mass is 256 g/mol. The highest BCUT2D eigenvalue weighted by atomic mass is 16.5. The van der Waals surface area contributed by atoms with Crippen LogP contribution in [0.4, 0.5) is 0 Å². The van der Waals surface area contributed by atoms with Gasteiger partial charge in [0, 0.05) is 31.3 Å². The summed E-state index contributed by atoms with van der Waals surface area (Å²) in [6, 6.07) is 0. The number of ketones is 2. The minimum absolute atomic E-state index is 0.221. The second-order valence-electron chi connectivity index (χ2n) is 6.28. The van der Waals surface area contributed by atoms with Crippen LogP contribution in [0.1, 0.15) is 60.3 Å². The van der Waals surface area contributed by atoms with E-state index in [2.05, 4.69) is 0 Å². The van der Waals surface area contributed by atoms with Gasteiger partial charge in [-0.15, -0.1) is 0 Å². The number of carbonyl (C=O) groups excluding carboxylic acids is 2. The topological polar surface area (TPSA) is 43.4 Å². The molecular weight excluding hydrogens is 228 g/mol. The normalized spacial score (nSPS) is 11.9. The SMILES string of the molecule is CC(C)CC(=O)CCCOCCC(=O)C(C)(C)C. The molecule has 3 heteroatoms. The second kappa shape index (κ2) is 8.41. The van der Waals surface area contributed by atoms with Crippen LogP contribution in [0, 0.1) is 11.3 Å². The molecule has 0 aliphatic rings. The lowest BCUT2D eigenvalue weighted by Gasteiger charge is -2.16. The summed E-state index contributed by atoms with van der Waals surface area (Å²) in [4.78, 5) is 23.0. The summed E-state index contributed by atoms with van der Waals surface area (Å²) in [5.74, 6) is 0.959. The quantitative estimate of drug-likeness (QED) is 0.594. The molecule has 18 heavy (non-hydrogen) atoms. The molecule has 0 heterocycles. The van der Waals surface area contributed by atoms with Crippen LogP contribution in [0.2, 0.25) is 0 Å². The highest BCUT2D eigenvalue weighted by Gasteiger charge is 2.20. The minimum Gasteiger partial charge on any atom is -0.381 e. The maximum atomic E-state index is 11.6. The van der Waals surface area contributed by atoms with Crippen LogP contribution in [0.15, 0.2) is 0 Å². The average molecular weight is 256 g/mol. The molecule has 0 spiro atoms. The first-order valence-corrected chi connectivity index (χ1v) is 6.86. The van der Waals surface area contributed by atoms with Crippen molar-refractivity contribution in [3.63, 3.8) is 0 Å². The molecule has 0 aromatic rings. The summed E-state index contributed by atoms with van der Waals surface area (Å²) in [5.41, 5.74) is -0.281. The Morgan fingerprint density at radius 1 is 1.06 bits per heavy atom. The summed E-state index contributed by atoms with van der Waals surface area (Å²) in [5, 5.41) is 0. The Morgan fingerprint density at radius 2 is 1.67 bits per heavy atom. The second-order valence-corrected chi connectivity index (χ2v) is 6.28. The van der Waals surface area contributed by atoms with E-state index in [0.717, 1.165) is 6.42 Å². The van der Waals surface area contributed by atoms with Crippen LogP contribution in [-0.4, -0.2) is 24.8 Å². The molecule has 0 saturated carbocycles. The van der Waals surface area contributed by atoms with Gasteiger partial charge >= 0.3 is 0 Å². The molecule has 0 radical (unpaired) electrons. The fourth-order valence-corrected chi connectivity index (χ4v) is 1.57. The number of rotatable bonds is 9. The van der Waals surface area contributed by atoms with Gasteiger partial charge in [-0.3, -0.25) is 9.59 Å². The first-order chi connectivity index (χ1) is 8.23. The van der Waals surface area contributed by atoms with Crippen LogP contribution >= 0.6 is 0 Å². The Labute approximate surface area is 111 Å². The summed E-state index contributed by atoms with van der Waals surface area (Å²) >= 11 is 0.